The quantitative estimate of drug-likeness (QED) is 0.766. The largest absolute Gasteiger partial charge is 0.480 e. The lowest BCUT2D eigenvalue weighted by molar-refractivity contribution is -0.136. The molecule has 0 saturated heterocycles. The minimum atomic E-state index is -1.13. The van der Waals surface area contributed by atoms with Gasteiger partial charge in [0.25, 0.3) is 0 Å². The van der Waals surface area contributed by atoms with E-state index in [9.17, 15) is 4.79 Å². The van der Waals surface area contributed by atoms with E-state index in [0.29, 0.717) is 12.8 Å². The second-order valence-corrected chi connectivity index (χ2v) is 4.53. The Morgan fingerprint density at radius 2 is 1.67 bits per heavy atom. The SMILES string of the molecule is O=C(O)C(Cl)C(Cl)CCC(Cl)Cl. The van der Waals surface area contributed by atoms with Crippen molar-refractivity contribution in [2.24, 2.45) is 0 Å². The van der Waals surface area contributed by atoms with E-state index in [0.717, 1.165) is 0 Å². The maximum atomic E-state index is 10.3. The zero-order valence-electron chi connectivity index (χ0n) is 6.01. The van der Waals surface area contributed by atoms with Crippen LogP contribution in [0.15, 0.2) is 0 Å². The predicted octanol–water partition coefficient (Wildman–Crippen LogP) is 2.87. The van der Waals surface area contributed by atoms with Gasteiger partial charge in [-0.3, -0.25) is 4.79 Å². The van der Waals surface area contributed by atoms with Gasteiger partial charge in [0.2, 0.25) is 0 Å². The average molecular weight is 254 g/mol. The van der Waals surface area contributed by atoms with Crippen LogP contribution in [0.3, 0.4) is 0 Å². The van der Waals surface area contributed by atoms with E-state index in [1.54, 1.807) is 0 Å². The summed E-state index contributed by atoms with van der Waals surface area (Å²) in [5.41, 5.74) is 0. The third-order valence-corrected chi connectivity index (χ3v) is 2.74. The monoisotopic (exact) mass is 252 g/mol. The molecule has 0 aliphatic heterocycles. The van der Waals surface area contributed by atoms with Crippen molar-refractivity contribution in [3.8, 4) is 0 Å². The van der Waals surface area contributed by atoms with Crippen LogP contribution in [0.2, 0.25) is 0 Å². The van der Waals surface area contributed by atoms with Crippen LogP contribution in [0.1, 0.15) is 12.8 Å². The first-order valence-electron chi connectivity index (χ1n) is 3.24. The number of aliphatic carboxylic acids is 1. The molecule has 2 atom stereocenters. The number of hydrogen-bond donors (Lipinski definition) is 1. The fourth-order valence-corrected chi connectivity index (χ4v) is 1.20. The maximum Gasteiger partial charge on any atom is 0.323 e. The molecule has 0 spiro atoms. The lowest BCUT2D eigenvalue weighted by Crippen LogP contribution is -2.24. The van der Waals surface area contributed by atoms with E-state index in [4.69, 9.17) is 51.5 Å². The highest BCUT2D eigenvalue weighted by Gasteiger charge is 2.23. The third kappa shape index (κ3) is 5.31. The molecule has 0 aromatic carbocycles. The van der Waals surface area contributed by atoms with E-state index < -0.39 is 21.6 Å². The Balaban J connectivity index is 3.71. The van der Waals surface area contributed by atoms with Crippen molar-refractivity contribution in [2.45, 2.75) is 28.4 Å². The van der Waals surface area contributed by atoms with Crippen molar-refractivity contribution in [1.29, 1.82) is 0 Å². The second kappa shape index (κ2) is 6.14. The van der Waals surface area contributed by atoms with E-state index in [-0.39, 0.29) is 0 Å². The first kappa shape index (κ1) is 12.6. The van der Waals surface area contributed by atoms with Crippen molar-refractivity contribution in [3.05, 3.63) is 0 Å². The van der Waals surface area contributed by atoms with Crippen molar-refractivity contribution < 1.29 is 9.90 Å². The van der Waals surface area contributed by atoms with Gasteiger partial charge < -0.3 is 5.11 Å². The summed E-state index contributed by atoms with van der Waals surface area (Å²) in [6, 6.07) is 0. The molecule has 0 aromatic heterocycles. The summed E-state index contributed by atoms with van der Waals surface area (Å²) in [6.07, 6.45) is 0.827. The van der Waals surface area contributed by atoms with Crippen molar-refractivity contribution in [2.75, 3.05) is 0 Å². The molecule has 0 bridgehead atoms. The number of hydrogen-bond acceptors (Lipinski definition) is 1. The Labute approximate surface area is 90.7 Å². The molecule has 1 N–H and O–H groups in total. The number of carbonyl (C=O) groups is 1. The third-order valence-electron chi connectivity index (χ3n) is 1.21. The zero-order valence-corrected chi connectivity index (χ0v) is 9.04. The van der Waals surface area contributed by atoms with Crippen LogP contribution in [-0.2, 0) is 4.79 Å². The summed E-state index contributed by atoms with van der Waals surface area (Å²) in [5.74, 6) is -1.13. The molecule has 72 valence electrons. The molecule has 0 aromatic rings. The Bertz CT molecular complexity index is 150. The van der Waals surface area contributed by atoms with Crippen LogP contribution in [0.4, 0.5) is 0 Å². The molecule has 0 aliphatic rings. The first-order chi connectivity index (χ1) is 5.45. The van der Waals surface area contributed by atoms with Crippen LogP contribution in [0, 0.1) is 0 Å². The molecular formula is C6H8Cl4O2. The Morgan fingerprint density at radius 3 is 2.00 bits per heavy atom. The highest BCUT2D eigenvalue weighted by molar-refractivity contribution is 6.44. The van der Waals surface area contributed by atoms with Gasteiger partial charge in [0.1, 0.15) is 10.2 Å². The van der Waals surface area contributed by atoms with Crippen LogP contribution in [-0.4, -0.2) is 26.7 Å². The molecule has 0 radical (unpaired) electrons. The lowest BCUT2D eigenvalue weighted by Gasteiger charge is -2.11. The molecule has 12 heavy (non-hydrogen) atoms. The van der Waals surface area contributed by atoms with E-state index >= 15 is 0 Å². The normalized spacial score (nSPS) is 16.1. The molecule has 0 rings (SSSR count). The minimum Gasteiger partial charge on any atom is -0.480 e. The highest BCUT2D eigenvalue weighted by atomic mass is 35.5. The molecule has 0 fully saturated rings. The lowest BCUT2D eigenvalue weighted by atomic mass is 10.2. The van der Waals surface area contributed by atoms with Crippen molar-refractivity contribution >= 4 is 52.4 Å². The predicted molar refractivity (Wildman–Crippen MR) is 51.6 cm³/mol. The summed E-state index contributed by atoms with van der Waals surface area (Å²) in [6.45, 7) is 0. The molecule has 0 aliphatic carbocycles. The molecular weight excluding hydrogens is 246 g/mol. The number of rotatable bonds is 5. The average Bonchev–Trinajstić information content (AvgIpc) is 1.98. The van der Waals surface area contributed by atoms with Gasteiger partial charge in [-0.2, -0.15) is 0 Å². The summed E-state index contributed by atoms with van der Waals surface area (Å²) in [4.78, 5) is 9.78. The molecule has 6 heteroatoms. The fourth-order valence-electron chi connectivity index (χ4n) is 0.586. The summed E-state index contributed by atoms with van der Waals surface area (Å²) in [7, 11) is 0. The summed E-state index contributed by atoms with van der Waals surface area (Å²) >= 11 is 21.9. The molecule has 0 heterocycles. The molecule has 2 nitrogen and oxygen atoms in total. The van der Waals surface area contributed by atoms with Gasteiger partial charge in [-0.15, -0.1) is 46.4 Å². The molecule has 0 saturated carbocycles. The first-order valence-corrected chi connectivity index (χ1v) is 4.98. The second-order valence-electron chi connectivity index (χ2n) is 2.22. The summed E-state index contributed by atoms with van der Waals surface area (Å²) in [5, 5.41) is 6.72. The molecule has 2 unspecified atom stereocenters. The van der Waals surface area contributed by atoms with Gasteiger partial charge in [0.15, 0.2) is 0 Å². The van der Waals surface area contributed by atoms with Crippen LogP contribution in [0.25, 0.3) is 0 Å². The van der Waals surface area contributed by atoms with Gasteiger partial charge in [-0.1, -0.05) is 0 Å². The van der Waals surface area contributed by atoms with Gasteiger partial charge in [0.05, 0.1) is 5.38 Å². The van der Waals surface area contributed by atoms with Gasteiger partial charge in [0, 0.05) is 0 Å². The van der Waals surface area contributed by atoms with Gasteiger partial charge in [-0.05, 0) is 12.8 Å². The van der Waals surface area contributed by atoms with Crippen LogP contribution >= 0.6 is 46.4 Å². The fraction of sp³-hybridized carbons (Fsp3) is 0.833. The maximum absolute atomic E-state index is 10.3. The van der Waals surface area contributed by atoms with Crippen LogP contribution < -0.4 is 0 Å². The zero-order chi connectivity index (χ0) is 9.72. The smallest absolute Gasteiger partial charge is 0.323 e. The van der Waals surface area contributed by atoms with Gasteiger partial charge >= 0.3 is 5.97 Å². The topological polar surface area (TPSA) is 37.3 Å². The summed E-state index contributed by atoms with van der Waals surface area (Å²) < 4.78 is 0. The molecule has 0 amide bonds. The van der Waals surface area contributed by atoms with E-state index in [1.807, 2.05) is 0 Å². The van der Waals surface area contributed by atoms with E-state index in [2.05, 4.69) is 0 Å². The van der Waals surface area contributed by atoms with Crippen molar-refractivity contribution in [3.63, 3.8) is 0 Å². The van der Waals surface area contributed by atoms with Gasteiger partial charge in [-0.25, -0.2) is 0 Å². The Hall–Kier alpha value is 0.630. The highest BCUT2D eigenvalue weighted by Crippen LogP contribution is 2.20. The number of halogens is 4. The number of carboxylic acid groups (broad SMARTS) is 1. The van der Waals surface area contributed by atoms with Crippen molar-refractivity contribution in [1.82, 2.24) is 0 Å². The van der Waals surface area contributed by atoms with Crippen LogP contribution in [0.5, 0.6) is 0 Å². The number of alkyl halides is 4. The Morgan fingerprint density at radius 1 is 1.17 bits per heavy atom. The minimum absolute atomic E-state index is 0.389. The standard InChI is InChI=1S/C6H8Cl4O2/c7-3(1-2-4(8)9)5(10)6(11)12/h3-5H,1-2H2,(H,11,12). The number of carboxylic acids is 1. The Kier molecular flexibility index (Phi) is 6.46. The van der Waals surface area contributed by atoms with E-state index in [1.165, 1.54) is 0 Å².